The Kier molecular flexibility index (Phi) is 7.64. The second-order valence-corrected chi connectivity index (χ2v) is 8.05. The summed E-state index contributed by atoms with van der Waals surface area (Å²) in [7, 11) is 1.55. The third-order valence-electron chi connectivity index (χ3n) is 4.56. The molecule has 0 aliphatic heterocycles. The Labute approximate surface area is 177 Å². The SMILES string of the molecule is COc1cc(/C=C/C(=O)N[C@H](C)C(=O)O)ccc1OCc1ccc(C(C)(C)C)cc1. The van der Waals surface area contributed by atoms with Crippen molar-refractivity contribution in [3.63, 3.8) is 0 Å². The van der Waals surface area contributed by atoms with Gasteiger partial charge in [0.15, 0.2) is 11.5 Å². The van der Waals surface area contributed by atoms with Crippen LogP contribution in [0, 0.1) is 0 Å². The molecule has 0 saturated carbocycles. The van der Waals surface area contributed by atoms with E-state index in [1.165, 1.54) is 18.6 Å². The van der Waals surface area contributed by atoms with Gasteiger partial charge < -0.3 is 19.9 Å². The Morgan fingerprint density at radius 3 is 2.33 bits per heavy atom. The van der Waals surface area contributed by atoms with Gasteiger partial charge in [0, 0.05) is 6.08 Å². The zero-order valence-corrected chi connectivity index (χ0v) is 18.1. The summed E-state index contributed by atoms with van der Waals surface area (Å²) in [5.74, 6) is -0.433. The molecular formula is C24H29NO5. The summed E-state index contributed by atoms with van der Waals surface area (Å²) < 4.78 is 11.3. The van der Waals surface area contributed by atoms with E-state index in [-0.39, 0.29) is 5.41 Å². The molecule has 0 aliphatic rings. The number of aliphatic carboxylic acids is 1. The zero-order chi connectivity index (χ0) is 22.3. The fourth-order valence-corrected chi connectivity index (χ4v) is 2.66. The molecule has 1 amide bonds. The average molecular weight is 411 g/mol. The second kappa shape index (κ2) is 9.96. The fourth-order valence-electron chi connectivity index (χ4n) is 2.66. The van der Waals surface area contributed by atoms with Crippen LogP contribution in [0.1, 0.15) is 44.4 Å². The number of nitrogens with one attached hydrogen (secondary N) is 1. The number of carbonyl (C=O) groups excluding carboxylic acids is 1. The summed E-state index contributed by atoms with van der Waals surface area (Å²) in [6.45, 7) is 8.34. The molecule has 2 aromatic rings. The molecule has 0 fully saturated rings. The minimum Gasteiger partial charge on any atom is -0.493 e. The van der Waals surface area contributed by atoms with Gasteiger partial charge in [0.1, 0.15) is 12.6 Å². The number of methoxy groups -OCH3 is 1. The molecule has 0 heterocycles. The molecule has 160 valence electrons. The van der Waals surface area contributed by atoms with Crippen molar-refractivity contribution in [3.8, 4) is 11.5 Å². The van der Waals surface area contributed by atoms with Gasteiger partial charge in [-0.3, -0.25) is 9.59 Å². The van der Waals surface area contributed by atoms with Crippen LogP contribution in [0.15, 0.2) is 48.5 Å². The van der Waals surface area contributed by atoms with Gasteiger partial charge >= 0.3 is 5.97 Å². The molecule has 2 N–H and O–H groups in total. The summed E-state index contributed by atoms with van der Waals surface area (Å²) in [4.78, 5) is 22.6. The number of ether oxygens (including phenoxy) is 2. The number of hydrogen-bond acceptors (Lipinski definition) is 4. The van der Waals surface area contributed by atoms with Crippen molar-refractivity contribution in [3.05, 3.63) is 65.2 Å². The largest absolute Gasteiger partial charge is 0.493 e. The standard InChI is InChI=1S/C24H29NO5/c1-16(23(27)28)25-22(26)13-9-17-8-12-20(21(14-17)29-5)30-15-18-6-10-19(11-7-18)24(2,3)4/h6-14,16H,15H2,1-5H3,(H,25,26)(H,27,28)/b13-9+/t16-/m1/s1. The van der Waals surface area contributed by atoms with E-state index >= 15 is 0 Å². The van der Waals surface area contributed by atoms with Crippen molar-refractivity contribution in [1.29, 1.82) is 0 Å². The number of benzene rings is 2. The van der Waals surface area contributed by atoms with E-state index in [1.54, 1.807) is 31.4 Å². The Morgan fingerprint density at radius 1 is 1.10 bits per heavy atom. The van der Waals surface area contributed by atoms with Crippen LogP contribution in [-0.2, 0) is 21.6 Å². The van der Waals surface area contributed by atoms with E-state index in [0.717, 1.165) is 11.1 Å². The van der Waals surface area contributed by atoms with Crippen LogP contribution < -0.4 is 14.8 Å². The number of amides is 1. The maximum Gasteiger partial charge on any atom is 0.325 e. The van der Waals surface area contributed by atoms with Gasteiger partial charge in [0.25, 0.3) is 0 Å². The summed E-state index contributed by atoms with van der Waals surface area (Å²) in [6, 6.07) is 12.7. The smallest absolute Gasteiger partial charge is 0.325 e. The summed E-state index contributed by atoms with van der Waals surface area (Å²) in [5, 5.41) is 11.2. The van der Waals surface area contributed by atoms with E-state index in [4.69, 9.17) is 14.6 Å². The van der Waals surface area contributed by atoms with Crippen LogP contribution in [0.2, 0.25) is 0 Å². The lowest BCUT2D eigenvalue weighted by Crippen LogP contribution is -2.37. The molecule has 0 radical (unpaired) electrons. The lowest BCUT2D eigenvalue weighted by atomic mass is 9.87. The maximum absolute atomic E-state index is 11.8. The van der Waals surface area contributed by atoms with E-state index in [2.05, 4.69) is 50.4 Å². The lowest BCUT2D eigenvalue weighted by molar-refractivity contribution is -0.140. The third kappa shape index (κ3) is 6.65. The van der Waals surface area contributed by atoms with Crippen LogP contribution in [0.4, 0.5) is 0 Å². The highest BCUT2D eigenvalue weighted by Crippen LogP contribution is 2.29. The van der Waals surface area contributed by atoms with E-state index < -0.39 is 17.9 Å². The molecule has 0 unspecified atom stereocenters. The van der Waals surface area contributed by atoms with Crippen molar-refractivity contribution in [1.82, 2.24) is 5.32 Å². The Hall–Kier alpha value is -3.28. The molecule has 0 bridgehead atoms. The van der Waals surface area contributed by atoms with Crippen molar-refractivity contribution in [2.75, 3.05) is 7.11 Å². The van der Waals surface area contributed by atoms with Gasteiger partial charge in [-0.25, -0.2) is 0 Å². The molecule has 2 rings (SSSR count). The number of carbonyl (C=O) groups is 2. The molecule has 0 spiro atoms. The van der Waals surface area contributed by atoms with Gasteiger partial charge in [-0.2, -0.15) is 0 Å². The van der Waals surface area contributed by atoms with E-state index in [0.29, 0.717) is 18.1 Å². The minimum absolute atomic E-state index is 0.106. The normalized spacial score (nSPS) is 12.4. The summed E-state index contributed by atoms with van der Waals surface area (Å²) >= 11 is 0. The van der Waals surface area contributed by atoms with Gasteiger partial charge in [-0.05, 0) is 47.2 Å². The quantitative estimate of drug-likeness (QED) is 0.637. The van der Waals surface area contributed by atoms with Crippen LogP contribution in [0.5, 0.6) is 11.5 Å². The topological polar surface area (TPSA) is 84.9 Å². The lowest BCUT2D eigenvalue weighted by Gasteiger charge is -2.19. The van der Waals surface area contributed by atoms with E-state index in [9.17, 15) is 9.59 Å². The zero-order valence-electron chi connectivity index (χ0n) is 18.1. The summed E-state index contributed by atoms with van der Waals surface area (Å²) in [6.07, 6.45) is 2.87. The summed E-state index contributed by atoms with van der Waals surface area (Å²) in [5.41, 5.74) is 3.15. The molecule has 1 atom stereocenters. The van der Waals surface area contributed by atoms with Crippen LogP contribution in [-0.4, -0.2) is 30.1 Å². The number of carboxylic acid groups (broad SMARTS) is 1. The first-order chi connectivity index (χ1) is 14.1. The molecule has 0 saturated heterocycles. The third-order valence-corrected chi connectivity index (χ3v) is 4.56. The minimum atomic E-state index is -1.09. The molecule has 2 aromatic carbocycles. The maximum atomic E-state index is 11.8. The Morgan fingerprint density at radius 2 is 1.77 bits per heavy atom. The van der Waals surface area contributed by atoms with Gasteiger partial charge in [-0.15, -0.1) is 0 Å². The first kappa shape index (κ1) is 23.0. The predicted octanol–water partition coefficient (Wildman–Crippen LogP) is 4.17. The monoisotopic (exact) mass is 411 g/mol. The van der Waals surface area contributed by atoms with Crippen LogP contribution in [0.25, 0.3) is 6.08 Å². The molecule has 30 heavy (non-hydrogen) atoms. The van der Waals surface area contributed by atoms with Gasteiger partial charge in [-0.1, -0.05) is 51.1 Å². The van der Waals surface area contributed by atoms with Crippen molar-refractivity contribution >= 4 is 18.0 Å². The average Bonchev–Trinajstić information content (AvgIpc) is 2.70. The number of hydrogen-bond donors (Lipinski definition) is 2. The molecular weight excluding hydrogens is 382 g/mol. The molecule has 0 aromatic heterocycles. The molecule has 0 aliphatic carbocycles. The highest BCUT2D eigenvalue weighted by molar-refractivity contribution is 5.94. The fraction of sp³-hybridized carbons (Fsp3) is 0.333. The first-order valence-electron chi connectivity index (χ1n) is 9.72. The van der Waals surface area contributed by atoms with Crippen LogP contribution >= 0.6 is 0 Å². The van der Waals surface area contributed by atoms with Crippen LogP contribution in [0.3, 0.4) is 0 Å². The Bertz CT molecular complexity index is 910. The highest BCUT2D eigenvalue weighted by atomic mass is 16.5. The molecule has 6 nitrogen and oxygen atoms in total. The van der Waals surface area contributed by atoms with Gasteiger partial charge in [0.2, 0.25) is 5.91 Å². The van der Waals surface area contributed by atoms with E-state index in [1.807, 2.05) is 0 Å². The second-order valence-electron chi connectivity index (χ2n) is 8.05. The van der Waals surface area contributed by atoms with Crippen molar-refractivity contribution < 1.29 is 24.2 Å². The molecule has 6 heteroatoms. The first-order valence-corrected chi connectivity index (χ1v) is 9.72. The number of carboxylic acids is 1. The predicted molar refractivity (Wildman–Crippen MR) is 117 cm³/mol. The number of rotatable bonds is 8. The highest BCUT2D eigenvalue weighted by Gasteiger charge is 2.13. The Balaban J connectivity index is 2.02. The van der Waals surface area contributed by atoms with Crippen molar-refractivity contribution in [2.24, 2.45) is 0 Å². The van der Waals surface area contributed by atoms with Crippen molar-refractivity contribution in [2.45, 2.75) is 45.8 Å². The van der Waals surface area contributed by atoms with Gasteiger partial charge in [0.05, 0.1) is 7.11 Å².